The van der Waals surface area contributed by atoms with Crippen molar-refractivity contribution >= 4 is 33.8 Å². The fourth-order valence-electron chi connectivity index (χ4n) is 3.63. The lowest BCUT2D eigenvalue weighted by Crippen LogP contribution is -2.41. The molecule has 8 heteroatoms. The molecule has 0 aliphatic rings. The SMILES string of the molecule is CC(=O)OC(C)(C)C(=O)Nc1cc(OS(C(C)C)(C(C)C)C(C)C)ccc1C(=O)O. The van der Waals surface area contributed by atoms with E-state index in [1.807, 2.05) is 0 Å². The molecule has 1 aromatic rings. The van der Waals surface area contributed by atoms with Crippen molar-refractivity contribution < 1.29 is 28.4 Å². The minimum absolute atomic E-state index is 0.0754. The van der Waals surface area contributed by atoms with Gasteiger partial charge in [-0.3, -0.25) is 9.59 Å². The zero-order chi connectivity index (χ0) is 23.4. The molecule has 0 bridgehead atoms. The van der Waals surface area contributed by atoms with Crippen LogP contribution in [0.15, 0.2) is 18.2 Å². The van der Waals surface area contributed by atoms with Crippen LogP contribution in [-0.4, -0.2) is 44.3 Å². The highest BCUT2D eigenvalue weighted by Crippen LogP contribution is 2.60. The number of aromatic carboxylic acids is 1. The molecule has 0 spiro atoms. The average molecular weight is 442 g/mol. The molecule has 0 saturated heterocycles. The number of nitrogens with one attached hydrogen (secondary N) is 1. The Morgan fingerprint density at radius 3 is 1.90 bits per heavy atom. The van der Waals surface area contributed by atoms with Crippen LogP contribution in [0.4, 0.5) is 5.69 Å². The Hall–Kier alpha value is -2.22. The van der Waals surface area contributed by atoms with Crippen molar-refractivity contribution in [2.45, 2.75) is 83.7 Å². The second-order valence-electron chi connectivity index (χ2n) is 8.50. The maximum absolute atomic E-state index is 12.6. The average Bonchev–Trinajstić information content (AvgIpc) is 2.57. The fraction of sp³-hybridized carbons (Fsp3) is 0.591. The van der Waals surface area contributed by atoms with Gasteiger partial charge in [-0.25, -0.2) is 4.79 Å². The van der Waals surface area contributed by atoms with Crippen LogP contribution in [-0.2, 0) is 14.3 Å². The van der Waals surface area contributed by atoms with E-state index < -0.39 is 33.8 Å². The zero-order valence-electron chi connectivity index (χ0n) is 19.4. The largest absolute Gasteiger partial charge is 0.478 e. The van der Waals surface area contributed by atoms with E-state index in [0.29, 0.717) is 5.75 Å². The van der Waals surface area contributed by atoms with E-state index >= 15 is 0 Å². The van der Waals surface area contributed by atoms with Crippen molar-refractivity contribution in [1.82, 2.24) is 0 Å². The van der Waals surface area contributed by atoms with Crippen LogP contribution in [0.1, 0.15) is 72.7 Å². The summed E-state index contributed by atoms with van der Waals surface area (Å²) in [6.07, 6.45) is 0. The summed E-state index contributed by atoms with van der Waals surface area (Å²) in [4.78, 5) is 35.6. The number of carbonyl (C=O) groups excluding carboxylic acids is 2. The second kappa shape index (κ2) is 9.73. The molecule has 0 aliphatic carbocycles. The smallest absolute Gasteiger partial charge is 0.337 e. The molecule has 1 rings (SSSR count). The summed E-state index contributed by atoms with van der Waals surface area (Å²) in [6.45, 7) is 16.9. The van der Waals surface area contributed by atoms with Crippen molar-refractivity contribution in [3.8, 4) is 5.75 Å². The summed E-state index contributed by atoms with van der Waals surface area (Å²) < 4.78 is 11.6. The number of esters is 1. The minimum atomic E-state index is -1.55. The summed E-state index contributed by atoms with van der Waals surface area (Å²) >= 11 is 0. The Bertz CT molecular complexity index is 779. The third-order valence-electron chi connectivity index (χ3n) is 4.87. The van der Waals surface area contributed by atoms with Crippen LogP contribution in [0.2, 0.25) is 0 Å². The number of carbonyl (C=O) groups is 3. The van der Waals surface area contributed by atoms with Crippen LogP contribution < -0.4 is 9.50 Å². The first-order valence-electron chi connectivity index (χ1n) is 10.0. The molecule has 0 unspecified atom stereocenters. The van der Waals surface area contributed by atoms with E-state index in [0.717, 1.165) is 0 Å². The van der Waals surface area contributed by atoms with Gasteiger partial charge in [0, 0.05) is 28.7 Å². The van der Waals surface area contributed by atoms with E-state index in [-0.39, 0.29) is 27.0 Å². The van der Waals surface area contributed by atoms with E-state index in [9.17, 15) is 19.5 Å². The summed E-state index contributed by atoms with van der Waals surface area (Å²) in [5.74, 6) is -1.93. The van der Waals surface area contributed by atoms with Crippen molar-refractivity contribution in [1.29, 1.82) is 0 Å². The van der Waals surface area contributed by atoms with Crippen LogP contribution in [0.25, 0.3) is 0 Å². The number of rotatable bonds is 9. The van der Waals surface area contributed by atoms with Crippen LogP contribution in [0, 0.1) is 0 Å². The van der Waals surface area contributed by atoms with E-state index in [4.69, 9.17) is 8.92 Å². The third kappa shape index (κ3) is 5.68. The number of hydrogen-bond acceptors (Lipinski definition) is 5. The number of amides is 1. The molecule has 1 aromatic carbocycles. The topological polar surface area (TPSA) is 102 Å². The zero-order valence-corrected chi connectivity index (χ0v) is 20.2. The van der Waals surface area contributed by atoms with Gasteiger partial charge in [0.1, 0.15) is 5.75 Å². The lowest BCUT2D eigenvalue weighted by molar-refractivity contribution is -0.160. The monoisotopic (exact) mass is 441 g/mol. The number of benzene rings is 1. The minimum Gasteiger partial charge on any atom is -0.478 e. The first kappa shape index (κ1) is 25.8. The number of hydrogen-bond donors (Lipinski definition) is 2. The van der Waals surface area contributed by atoms with Gasteiger partial charge in [0.15, 0.2) is 5.60 Å². The lowest BCUT2D eigenvalue weighted by Gasteiger charge is -2.50. The lowest BCUT2D eigenvalue weighted by atomic mass is 10.1. The van der Waals surface area contributed by atoms with E-state index in [1.165, 1.54) is 32.9 Å². The highest BCUT2D eigenvalue weighted by molar-refractivity contribution is 8.31. The van der Waals surface area contributed by atoms with Crippen molar-refractivity contribution in [2.75, 3.05) is 5.32 Å². The fourth-order valence-corrected chi connectivity index (χ4v) is 7.91. The molecule has 0 saturated carbocycles. The first-order valence-corrected chi connectivity index (χ1v) is 11.8. The Morgan fingerprint density at radius 1 is 1.00 bits per heavy atom. The molecule has 0 radical (unpaired) electrons. The maximum Gasteiger partial charge on any atom is 0.337 e. The number of anilines is 1. The second-order valence-corrected chi connectivity index (χ2v) is 12.9. The number of carboxylic acid groups (broad SMARTS) is 1. The molecule has 0 fully saturated rings. The Labute approximate surface area is 181 Å². The van der Waals surface area contributed by atoms with Gasteiger partial charge in [-0.05, 0) is 26.0 Å². The molecule has 1 amide bonds. The first-order chi connectivity index (χ1) is 13.6. The molecule has 2 N–H and O–H groups in total. The maximum atomic E-state index is 12.6. The van der Waals surface area contributed by atoms with Gasteiger partial charge in [0.2, 0.25) is 0 Å². The van der Waals surface area contributed by atoms with Gasteiger partial charge in [0.25, 0.3) is 5.91 Å². The van der Waals surface area contributed by atoms with Gasteiger partial charge < -0.3 is 19.3 Å². The van der Waals surface area contributed by atoms with Crippen LogP contribution >= 0.6 is 10.3 Å². The third-order valence-corrected chi connectivity index (χ3v) is 9.77. The molecular weight excluding hydrogens is 406 g/mol. The molecule has 0 aromatic heterocycles. The van der Waals surface area contributed by atoms with Crippen LogP contribution in [0.5, 0.6) is 5.75 Å². The molecule has 7 nitrogen and oxygen atoms in total. The quantitative estimate of drug-likeness (QED) is 0.524. The Morgan fingerprint density at radius 2 is 1.50 bits per heavy atom. The predicted octanol–water partition coefficient (Wildman–Crippen LogP) is 4.99. The standard InChI is InChI=1S/C22H35NO6S/c1-13(2)30(14(3)4,15(5)6)29-17-10-11-18(20(25)26)19(12-17)23-21(27)22(8,9)28-16(7)24/h10-15H,1-9H3,(H,23,27)(H,25,26). The van der Waals surface area contributed by atoms with E-state index in [2.05, 4.69) is 46.9 Å². The van der Waals surface area contributed by atoms with Gasteiger partial charge in [0.05, 0.1) is 11.3 Å². The number of ether oxygens (including phenoxy) is 1. The highest BCUT2D eigenvalue weighted by Gasteiger charge is 2.37. The van der Waals surface area contributed by atoms with Crippen molar-refractivity contribution in [2.24, 2.45) is 0 Å². The molecular formula is C22H35NO6S. The molecule has 0 heterocycles. The van der Waals surface area contributed by atoms with Crippen molar-refractivity contribution in [3.63, 3.8) is 0 Å². The predicted molar refractivity (Wildman–Crippen MR) is 122 cm³/mol. The summed E-state index contributed by atoms with van der Waals surface area (Å²) in [6, 6.07) is 4.56. The summed E-state index contributed by atoms with van der Waals surface area (Å²) in [5.41, 5.74) is -1.44. The van der Waals surface area contributed by atoms with Gasteiger partial charge in [-0.2, -0.15) is 0 Å². The summed E-state index contributed by atoms with van der Waals surface area (Å²) in [7, 11) is -1.55. The molecule has 170 valence electrons. The van der Waals surface area contributed by atoms with Crippen LogP contribution in [0.3, 0.4) is 0 Å². The molecule has 30 heavy (non-hydrogen) atoms. The highest BCUT2D eigenvalue weighted by atomic mass is 32.3. The molecule has 0 atom stereocenters. The van der Waals surface area contributed by atoms with Crippen molar-refractivity contribution in [3.05, 3.63) is 23.8 Å². The Balaban J connectivity index is 3.39. The number of carboxylic acids is 1. The summed E-state index contributed by atoms with van der Waals surface area (Å²) in [5, 5.41) is 13.0. The van der Waals surface area contributed by atoms with Gasteiger partial charge in [-0.1, -0.05) is 51.9 Å². The van der Waals surface area contributed by atoms with E-state index in [1.54, 1.807) is 6.07 Å². The van der Waals surface area contributed by atoms with Gasteiger partial charge in [-0.15, -0.1) is 0 Å². The van der Waals surface area contributed by atoms with Gasteiger partial charge >= 0.3 is 11.9 Å². The molecule has 0 aliphatic heterocycles. The normalized spacial score (nSPS) is 12.8. The Kier molecular flexibility index (Phi) is 8.37.